The van der Waals surface area contributed by atoms with Crippen LogP contribution in [0, 0.1) is 6.92 Å². The first-order chi connectivity index (χ1) is 13.4. The first kappa shape index (κ1) is 18.5. The third kappa shape index (κ3) is 3.03. The van der Waals surface area contributed by atoms with E-state index in [-0.39, 0.29) is 12.5 Å². The fourth-order valence-corrected chi connectivity index (χ4v) is 4.28. The summed E-state index contributed by atoms with van der Waals surface area (Å²) >= 11 is 5.93. The zero-order valence-electron chi connectivity index (χ0n) is 15.4. The maximum absolute atomic E-state index is 13.2. The number of nitrogens with one attached hydrogen (secondary N) is 2. The molecule has 0 aromatic heterocycles. The smallest absolute Gasteiger partial charge is 0.324 e. The Morgan fingerprint density at radius 1 is 1.25 bits per heavy atom. The molecule has 2 aliphatic rings. The molecule has 0 saturated carbocycles. The number of amides is 4. The van der Waals surface area contributed by atoms with Gasteiger partial charge in [0.05, 0.1) is 0 Å². The number of imide groups is 1. The monoisotopic (exact) mass is 397 g/mol. The minimum absolute atomic E-state index is 0.337. The van der Waals surface area contributed by atoms with Crippen molar-refractivity contribution < 1.29 is 14.4 Å². The molecule has 1 fully saturated rings. The largest absolute Gasteiger partial charge is 0.325 e. The minimum atomic E-state index is -1.07. The zero-order valence-corrected chi connectivity index (χ0v) is 16.2. The molecule has 1 aliphatic carbocycles. The number of aryl methyl sites for hydroxylation is 2. The molecule has 144 valence electrons. The fourth-order valence-electron chi connectivity index (χ4n) is 4.06. The summed E-state index contributed by atoms with van der Waals surface area (Å²) in [4.78, 5) is 39.3. The molecular formula is C21H20ClN3O3. The van der Waals surface area contributed by atoms with Gasteiger partial charge in [0.15, 0.2) is 0 Å². The SMILES string of the molecule is Cc1cc(Cl)ccc1NC(=O)CN1C(=O)N[C@@]2(CCCc3ccccc32)C1=O. The van der Waals surface area contributed by atoms with E-state index in [4.69, 9.17) is 11.6 Å². The number of rotatable bonds is 3. The number of nitrogens with zero attached hydrogens (tertiary/aromatic N) is 1. The molecule has 1 spiro atoms. The summed E-state index contributed by atoms with van der Waals surface area (Å²) in [5.41, 5.74) is 2.22. The second-order valence-electron chi connectivity index (χ2n) is 7.24. The standard InChI is InChI=1S/C21H20ClN3O3/c1-13-11-15(22)8-9-17(13)23-18(26)12-25-19(27)21(24-20(25)28)10-4-6-14-5-2-3-7-16(14)21/h2-3,5,7-9,11H,4,6,10,12H2,1H3,(H,23,26)(H,24,28)/t21-/m1/s1. The number of halogens is 1. The predicted molar refractivity (Wildman–Crippen MR) is 106 cm³/mol. The lowest BCUT2D eigenvalue weighted by Gasteiger charge is -2.33. The van der Waals surface area contributed by atoms with Crippen LogP contribution < -0.4 is 10.6 Å². The van der Waals surface area contributed by atoms with E-state index < -0.39 is 17.5 Å². The predicted octanol–water partition coefficient (Wildman–Crippen LogP) is 3.37. The molecule has 1 aliphatic heterocycles. The molecule has 1 atom stereocenters. The van der Waals surface area contributed by atoms with Gasteiger partial charge in [-0.2, -0.15) is 0 Å². The van der Waals surface area contributed by atoms with Crippen molar-refractivity contribution in [2.45, 2.75) is 31.7 Å². The molecule has 4 amide bonds. The van der Waals surface area contributed by atoms with Gasteiger partial charge in [-0.25, -0.2) is 4.79 Å². The molecule has 6 nitrogen and oxygen atoms in total. The number of hydrogen-bond acceptors (Lipinski definition) is 3. The number of fused-ring (bicyclic) bond motifs is 2. The summed E-state index contributed by atoms with van der Waals surface area (Å²) in [7, 11) is 0. The highest BCUT2D eigenvalue weighted by Gasteiger charge is 2.54. The highest BCUT2D eigenvalue weighted by atomic mass is 35.5. The first-order valence-electron chi connectivity index (χ1n) is 9.19. The van der Waals surface area contributed by atoms with Gasteiger partial charge in [-0.05, 0) is 61.1 Å². The number of carbonyl (C=O) groups excluding carboxylic acids is 3. The van der Waals surface area contributed by atoms with Crippen LogP contribution in [0.3, 0.4) is 0 Å². The molecule has 0 unspecified atom stereocenters. The summed E-state index contributed by atoms with van der Waals surface area (Å²) in [6, 6.07) is 12.2. The van der Waals surface area contributed by atoms with E-state index in [1.165, 1.54) is 0 Å². The molecule has 2 aromatic rings. The lowest BCUT2D eigenvalue weighted by atomic mass is 9.76. The maximum atomic E-state index is 13.2. The summed E-state index contributed by atoms with van der Waals surface area (Å²) in [5.74, 6) is -0.803. The van der Waals surface area contributed by atoms with Gasteiger partial charge in [0, 0.05) is 10.7 Å². The Labute approximate surface area is 167 Å². The Morgan fingerprint density at radius 2 is 2.04 bits per heavy atom. The van der Waals surface area contributed by atoms with Gasteiger partial charge < -0.3 is 10.6 Å². The Balaban J connectivity index is 1.55. The van der Waals surface area contributed by atoms with Crippen molar-refractivity contribution in [2.75, 3.05) is 11.9 Å². The summed E-state index contributed by atoms with van der Waals surface area (Å²) < 4.78 is 0. The van der Waals surface area contributed by atoms with Crippen LogP contribution in [-0.2, 0) is 21.5 Å². The van der Waals surface area contributed by atoms with Crippen LogP contribution in [-0.4, -0.2) is 29.3 Å². The molecule has 7 heteroatoms. The van der Waals surface area contributed by atoms with E-state index in [1.54, 1.807) is 18.2 Å². The van der Waals surface area contributed by atoms with Crippen molar-refractivity contribution in [3.05, 3.63) is 64.2 Å². The molecule has 2 aromatic carbocycles. The molecule has 28 heavy (non-hydrogen) atoms. The van der Waals surface area contributed by atoms with Gasteiger partial charge in [0.1, 0.15) is 12.1 Å². The highest BCUT2D eigenvalue weighted by molar-refractivity contribution is 6.30. The topological polar surface area (TPSA) is 78.5 Å². The summed E-state index contributed by atoms with van der Waals surface area (Å²) in [5, 5.41) is 6.17. The summed E-state index contributed by atoms with van der Waals surface area (Å²) in [6.07, 6.45) is 2.20. The van der Waals surface area contributed by atoms with Crippen molar-refractivity contribution in [2.24, 2.45) is 0 Å². The van der Waals surface area contributed by atoms with Crippen LogP contribution >= 0.6 is 11.6 Å². The minimum Gasteiger partial charge on any atom is -0.324 e. The fraction of sp³-hybridized carbons (Fsp3) is 0.286. The van der Waals surface area contributed by atoms with Crippen LogP contribution in [0.1, 0.15) is 29.5 Å². The molecule has 4 rings (SSSR count). The van der Waals surface area contributed by atoms with Crippen molar-refractivity contribution in [1.29, 1.82) is 0 Å². The van der Waals surface area contributed by atoms with Crippen LogP contribution in [0.25, 0.3) is 0 Å². The third-order valence-corrected chi connectivity index (χ3v) is 5.65. The highest BCUT2D eigenvalue weighted by Crippen LogP contribution is 2.39. The molecule has 0 bridgehead atoms. The van der Waals surface area contributed by atoms with Crippen LogP contribution in [0.4, 0.5) is 10.5 Å². The maximum Gasteiger partial charge on any atom is 0.325 e. The van der Waals surface area contributed by atoms with Crippen LogP contribution in [0.15, 0.2) is 42.5 Å². The van der Waals surface area contributed by atoms with Crippen molar-refractivity contribution >= 4 is 35.1 Å². The zero-order chi connectivity index (χ0) is 19.9. The number of carbonyl (C=O) groups is 3. The van der Waals surface area contributed by atoms with E-state index in [1.807, 2.05) is 31.2 Å². The number of anilines is 1. The molecular weight excluding hydrogens is 378 g/mol. The van der Waals surface area contributed by atoms with E-state index in [2.05, 4.69) is 10.6 Å². The number of benzene rings is 2. The third-order valence-electron chi connectivity index (χ3n) is 5.42. The van der Waals surface area contributed by atoms with Crippen molar-refractivity contribution in [1.82, 2.24) is 10.2 Å². The number of urea groups is 1. The van der Waals surface area contributed by atoms with Crippen LogP contribution in [0.5, 0.6) is 0 Å². The number of hydrogen-bond donors (Lipinski definition) is 2. The van der Waals surface area contributed by atoms with Gasteiger partial charge in [0.2, 0.25) is 5.91 Å². The Morgan fingerprint density at radius 3 is 2.82 bits per heavy atom. The molecule has 1 heterocycles. The van der Waals surface area contributed by atoms with Gasteiger partial charge in [-0.15, -0.1) is 0 Å². The molecule has 0 radical (unpaired) electrons. The summed E-state index contributed by atoms with van der Waals surface area (Å²) in [6.45, 7) is 1.49. The quantitative estimate of drug-likeness (QED) is 0.779. The van der Waals surface area contributed by atoms with Gasteiger partial charge in [0.25, 0.3) is 5.91 Å². The van der Waals surface area contributed by atoms with Crippen molar-refractivity contribution in [3.63, 3.8) is 0 Å². The van der Waals surface area contributed by atoms with E-state index >= 15 is 0 Å². The molecule has 2 N–H and O–H groups in total. The van der Waals surface area contributed by atoms with Gasteiger partial charge in [-0.1, -0.05) is 35.9 Å². The normalized spacial score (nSPS) is 20.9. The van der Waals surface area contributed by atoms with E-state index in [0.29, 0.717) is 17.1 Å². The van der Waals surface area contributed by atoms with Crippen molar-refractivity contribution in [3.8, 4) is 0 Å². The van der Waals surface area contributed by atoms with E-state index in [9.17, 15) is 14.4 Å². The Kier molecular flexibility index (Phi) is 4.59. The van der Waals surface area contributed by atoms with Gasteiger partial charge in [-0.3, -0.25) is 14.5 Å². The Bertz CT molecular complexity index is 991. The molecule has 1 saturated heterocycles. The Hall–Kier alpha value is -2.86. The van der Waals surface area contributed by atoms with E-state index in [0.717, 1.165) is 34.4 Å². The lowest BCUT2D eigenvalue weighted by molar-refractivity contribution is -0.134. The average molecular weight is 398 g/mol. The first-order valence-corrected chi connectivity index (χ1v) is 9.57. The lowest BCUT2D eigenvalue weighted by Crippen LogP contribution is -2.47. The van der Waals surface area contributed by atoms with Crippen LogP contribution in [0.2, 0.25) is 5.02 Å². The second kappa shape index (κ2) is 6.95. The van der Waals surface area contributed by atoms with Gasteiger partial charge >= 0.3 is 6.03 Å². The average Bonchev–Trinajstić information content (AvgIpc) is 2.89. The second-order valence-corrected chi connectivity index (χ2v) is 7.68.